The molecular formula is C22H30N6O2. The molecule has 0 aromatic heterocycles. The largest absolute Gasteiger partial charge is 0.371 e. The summed E-state index contributed by atoms with van der Waals surface area (Å²) in [4.78, 5) is 31.4. The van der Waals surface area contributed by atoms with Crippen molar-refractivity contribution in [3.63, 3.8) is 0 Å². The normalized spacial score (nSPS) is 24.4. The Morgan fingerprint density at radius 3 is 2.57 bits per heavy atom. The zero-order valence-electron chi connectivity index (χ0n) is 17.4. The topological polar surface area (TPSA) is 101 Å². The second-order valence-electron chi connectivity index (χ2n) is 8.88. The number of benzene rings is 1. The first-order chi connectivity index (χ1) is 14.6. The monoisotopic (exact) mass is 410 g/mol. The van der Waals surface area contributed by atoms with Crippen molar-refractivity contribution in [2.75, 3.05) is 44.2 Å². The van der Waals surface area contributed by atoms with Crippen molar-refractivity contribution in [2.45, 2.75) is 44.4 Å². The predicted molar refractivity (Wildman–Crippen MR) is 115 cm³/mol. The molecule has 3 aliphatic rings. The number of nitrogens with one attached hydrogen (secondary N) is 1. The lowest BCUT2D eigenvalue weighted by atomic mass is 9.71. The van der Waals surface area contributed by atoms with E-state index in [1.807, 2.05) is 12.1 Å². The number of carbonyl (C=O) groups is 2. The van der Waals surface area contributed by atoms with Crippen LogP contribution in [-0.2, 0) is 9.59 Å². The van der Waals surface area contributed by atoms with Gasteiger partial charge in [-0.3, -0.25) is 14.9 Å². The second kappa shape index (κ2) is 9.06. The average Bonchev–Trinajstić information content (AvgIpc) is 2.76. The number of amides is 2. The molecule has 30 heavy (non-hydrogen) atoms. The summed E-state index contributed by atoms with van der Waals surface area (Å²) in [6, 6.07) is 8.30. The van der Waals surface area contributed by atoms with Crippen LogP contribution in [0.25, 0.3) is 10.4 Å². The number of anilines is 1. The first kappa shape index (κ1) is 20.7. The molecule has 0 radical (unpaired) electrons. The molecule has 0 saturated carbocycles. The van der Waals surface area contributed by atoms with Crippen molar-refractivity contribution in [3.8, 4) is 0 Å². The highest BCUT2D eigenvalue weighted by Crippen LogP contribution is 2.42. The Morgan fingerprint density at radius 2 is 1.87 bits per heavy atom. The molecule has 160 valence electrons. The van der Waals surface area contributed by atoms with E-state index in [1.54, 1.807) is 0 Å². The summed E-state index contributed by atoms with van der Waals surface area (Å²) in [5.74, 6) is -0.570. The lowest BCUT2D eigenvalue weighted by Crippen LogP contribution is -2.47. The summed E-state index contributed by atoms with van der Waals surface area (Å²) in [7, 11) is 0. The summed E-state index contributed by atoms with van der Waals surface area (Å²) < 4.78 is 0. The van der Waals surface area contributed by atoms with Gasteiger partial charge in [-0.15, -0.1) is 0 Å². The van der Waals surface area contributed by atoms with Crippen molar-refractivity contribution in [2.24, 2.45) is 10.5 Å². The third-order valence-corrected chi connectivity index (χ3v) is 7.20. The number of carbonyl (C=O) groups excluding carboxylic acids is 2. The summed E-state index contributed by atoms with van der Waals surface area (Å²) in [6.07, 6.45) is 5.82. The van der Waals surface area contributed by atoms with Crippen LogP contribution in [0.1, 0.15) is 50.0 Å². The molecule has 3 fully saturated rings. The Labute approximate surface area is 177 Å². The van der Waals surface area contributed by atoms with Gasteiger partial charge in [0.25, 0.3) is 0 Å². The van der Waals surface area contributed by atoms with Gasteiger partial charge in [-0.1, -0.05) is 17.2 Å². The van der Waals surface area contributed by atoms with Gasteiger partial charge in [0.1, 0.15) is 0 Å². The summed E-state index contributed by atoms with van der Waals surface area (Å²) in [6.45, 7) is 5.67. The summed E-state index contributed by atoms with van der Waals surface area (Å²) in [5.41, 5.74) is 11.1. The fourth-order valence-electron chi connectivity index (χ4n) is 5.17. The maximum absolute atomic E-state index is 12.2. The first-order valence-corrected chi connectivity index (χ1v) is 11.0. The SMILES string of the molecule is [N-]=[N+]=NCCN1CCC2(CC1)CCN(c1cccc(C3CCC(=O)NC3=O)c1)CC2. The van der Waals surface area contributed by atoms with Crippen molar-refractivity contribution < 1.29 is 9.59 Å². The first-order valence-electron chi connectivity index (χ1n) is 11.0. The van der Waals surface area contributed by atoms with Gasteiger partial charge >= 0.3 is 0 Å². The lowest BCUT2D eigenvalue weighted by molar-refractivity contribution is -0.134. The van der Waals surface area contributed by atoms with Gasteiger partial charge < -0.3 is 9.80 Å². The van der Waals surface area contributed by atoms with Crippen LogP contribution >= 0.6 is 0 Å². The molecule has 1 unspecified atom stereocenters. The Kier molecular flexibility index (Phi) is 6.25. The molecular weight excluding hydrogens is 380 g/mol. The zero-order chi connectivity index (χ0) is 21.0. The van der Waals surface area contributed by atoms with Crippen molar-refractivity contribution in [1.29, 1.82) is 0 Å². The molecule has 0 bridgehead atoms. The minimum Gasteiger partial charge on any atom is -0.371 e. The van der Waals surface area contributed by atoms with Gasteiger partial charge in [-0.05, 0) is 73.8 Å². The number of imide groups is 1. The minimum absolute atomic E-state index is 0.169. The van der Waals surface area contributed by atoms with Crippen LogP contribution < -0.4 is 10.2 Å². The van der Waals surface area contributed by atoms with Crippen LogP contribution in [0, 0.1) is 5.41 Å². The molecule has 0 aliphatic carbocycles. The van der Waals surface area contributed by atoms with E-state index in [0.717, 1.165) is 38.3 Å². The van der Waals surface area contributed by atoms with E-state index in [2.05, 4.69) is 37.3 Å². The second-order valence-corrected chi connectivity index (χ2v) is 8.88. The quantitative estimate of drug-likeness (QED) is 0.348. The molecule has 1 aromatic rings. The Bertz CT molecular complexity index is 832. The van der Waals surface area contributed by atoms with Crippen LogP contribution in [0.5, 0.6) is 0 Å². The zero-order valence-corrected chi connectivity index (χ0v) is 17.4. The van der Waals surface area contributed by atoms with E-state index < -0.39 is 0 Å². The highest BCUT2D eigenvalue weighted by atomic mass is 16.2. The molecule has 8 nitrogen and oxygen atoms in total. The molecule has 3 heterocycles. The van der Waals surface area contributed by atoms with Crippen molar-refractivity contribution in [3.05, 3.63) is 40.3 Å². The molecule has 3 saturated heterocycles. The Hall–Kier alpha value is -2.57. The molecule has 4 rings (SSSR count). The van der Waals surface area contributed by atoms with Gasteiger partial charge in [0.15, 0.2) is 0 Å². The molecule has 1 atom stereocenters. The lowest BCUT2D eigenvalue weighted by Gasteiger charge is -2.47. The number of hydrogen-bond acceptors (Lipinski definition) is 5. The maximum atomic E-state index is 12.2. The average molecular weight is 411 g/mol. The Balaban J connectivity index is 1.33. The third-order valence-electron chi connectivity index (χ3n) is 7.20. The smallest absolute Gasteiger partial charge is 0.234 e. The molecule has 1 N–H and O–H groups in total. The van der Waals surface area contributed by atoms with Crippen LogP contribution in [0.2, 0.25) is 0 Å². The van der Waals surface area contributed by atoms with E-state index in [-0.39, 0.29) is 17.7 Å². The number of likely N-dealkylation sites (tertiary alicyclic amines) is 1. The predicted octanol–water partition coefficient (Wildman–Crippen LogP) is 3.20. The molecule has 3 aliphatic heterocycles. The maximum Gasteiger partial charge on any atom is 0.234 e. The summed E-state index contributed by atoms with van der Waals surface area (Å²) in [5, 5.41) is 6.12. The van der Waals surface area contributed by atoms with Crippen molar-refractivity contribution in [1.82, 2.24) is 10.2 Å². The number of nitrogens with zero attached hydrogens (tertiary/aromatic N) is 5. The third kappa shape index (κ3) is 4.60. The van der Waals surface area contributed by atoms with Crippen LogP contribution in [0.3, 0.4) is 0 Å². The van der Waals surface area contributed by atoms with Gasteiger partial charge in [-0.25, -0.2) is 0 Å². The van der Waals surface area contributed by atoms with Gasteiger partial charge in [0.05, 0.1) is 5.92 Å². The molecule has 1 spiro atoms. The minimum atomic E-state index is -0.228. The van der Waals surface area contributed by atoms with E-state index in [9.17, 15) is 9.59 Å². The van der Waals surface area contributed by atoms with Crippen LogP contribution in [0.15, 0.2) is 29.4 Å². The molecule has 2 amide bonds. The standard InChI is InChI=1S/C22H30N6O2/c23-26-24-10-15-27-11-6-22(7-12-27)8-13-28(14-9-22)18-3-1-2-17(16-18)19-4-5-20(29)25-21(19)30/h1-3,16,19H,4-15H2,(H,25,29,30). The summed E-state index contributed by atoms with van der Waals surface area (Å²) >= 11 is 0. The fourth-order valence-corrected chi connectivity index (χ4v) is 5.17. The van der Waals surface area contributed by atoms with Gasteiger partial charge in [0.2, 0.25) is 11.8 Å². The molecule has 1 aromatic carbocycles. The van der Waals surface area contributed by atoms with E-state index >= 15 is 0 Å². The van der Waals surface area contributed by atoms with Crippen LogP contribution in [-0.4, -0.2) is 56.0 Å². The van der Waals surface area contributed by atoms with E-state index in [1.165, 1.54) is 31.4 Å². The van der Waals surface area contributed by atoms with Crippen molar-refractivity contribution >= 4 is 17.5 Å². The van der Waals surface area contributed by atoms with E-state index in [0.29, 0.717) is 24.8 Å². The van der Waals surface area contributed by atoms with Gasteiger partial charge in [0, 0.05) is 43.2 Å². The van der Waals surface area contributed by atoms with Gasteiger partial charge in [-0.2, -0.15) is 0 Å². The number of piperidine rings is 3. The highest BCUT2D eigenvalue weighted by Gasteiger charge is 2.37. The van der Waals surface area contributed by atoms with Crippen LogP contribution in [0.4, 0.5) is 5.69 Å². The van der Waals surface area contributed by atoms with E-state index in [4.69, 9.17) is 5.53 Å². The Morgan fingerprint density at radius 1 is 1.13 bits per heavy atom. The number of azide groups is 1. The number of rotatable bonds is 5. The number of hydrogen-bond donors (Lipinski definition) is 1. The fraction of sp³-hybridized carbons (Fsp3) is 0.636. The molecule has 8 heteroatoms. The highest BCUT2D eigenvalue weighted by molar-refractivity contribution is 6.01.